The Kier molecular flexibility index (Phi) is 3.25. The van der Waals surface area contributed by atoms with Gasteiger partial charge in [0.2, 0.25) is 0 Å². The van der Waals surface area contributed by atoms with Crippen LogP contribution in [-0.4, -0.2) is 27.8 Å². The first kappa shape index (κ1) is 11.2. The van der Waals surface area contributed by atoms with Gasteiger partial charge in [0.05, 0.1) is 12.3 Å². The van der Waals surface area contributed by atoms with E-state index < -0.39 is 0 Å². The Bertz CT molecular complexity index is 394. The first-order valence-corrected chi connectivity index (χ1v) is 5.80. The van der Waals surface area contributed by atoms with Crippen molar-refractivity contribution in [3.63, 3.8) is 0 Å². The molecule has 1 fully saturated rings. The molecule has 1 aromatic heterocycles. The predicted molar refractivity (Wildman–Crippen MR) is 61.6 cm³/mol. The monoisotopic (exact) mass is 218 g/mol. The quantitative estimate of drug-likeness (QED) is 0.755. The molecule has 1 saturated heterocycles. The highest BCUT2D eigenvalue weighted by Gasteiger charge is 2.19. The molecule has 1 aliphatic heterocycles. The first-order valence-electron chi connectivity index (χ1n) is 5.80. The topological polar surface area (TPSA) is 44.9 Å². The van der Waals surface area contributed by atoms with Crippen LogP contribution in [0.4, 0.5) is 0 Å². The number of likely N-dealkylation sites (tertiary alicyclic amines) is 1. The Balaban J connectivity index is 1.92. The van der Waals surface area contributed by atoms with Gasteiger partial charge in [-0.05, 0) is 32.9 Å². The fraction of sp³-hybridized carbons (Fsp3) is 0.667. The molecule has 86 valence electrons. The Labute approximate surface area is 96.5 Å². The van der Waals surface area contributed by atoms with Crippen molar-refractivity contribution < 1.29 is 0 Å². The second-order valence-electron chi connectivity index (χ2n) is 4.56. The van der Waals surface area contributed by atoms with Crippen LogP contribution in [0, 0.1) is 24.2 Å². The fourth-order valence-corrected chi connectivity index (χ4v) is 2.16. The second kappa shape index (κ2) is 4.67. The molecule has 1 aliphatic rings. The van der Waals surface area contributed by atoms with Gasteiger partial charge in [0, 0.05) is 30.8 Å². The molecule has 0 spiro atoms. The lowest BCUT2D eigenvalue weighted by Crippen LogP contribution is -2.32. The molecule has 1 aromatic rings. The standard InChI is InChI=1S/C12H18N4/c1-10-12(8-14-15(10)2)9-16-5-3-11(7-13)4-6-16/h8,11H,3-6,9H2,1-2H3. The number of nitrogens with zero attached hydrogens (tertiary/aromatic N) is 4. The van der Waals surface area contributed by atoms with E-state index >= 15 is 0 Å². The lowest BCUT2D eigenvalue weighted by molar-refractivity contribution is 0.198. The molecule has 0 atom stereocenters. The summed E-state index contributed by atoms with van der Waals surface area (Å²) < 4.78 is 1.91. The molecule has 0 bridgehead atoms. The van der Waals surface area contributed by atoms with Gasteiger partial charge in [-0.15, -0.1) is 0 Å². The summed E-state index contributed by atoms with van der Waals surface area (Å²) in [6.07, 6.45) is 3.97. The molecule has 0 radical (unpaired) electrons. The average Bonchev–Trinajstić information content (AvgIpc) is 2.62. The zero-order valence-corrected chi connectivity index (χ0v) is 9.98. The molecule has 0 unspecified atom stereocenters. The molecule has 16 heavy (non-hydrogen) atoms. The van der Waals surface area contributed by atoms with Crippen molar-refractivity contribution in [1.82, 2.24) is 14.7 Å². The van der Waals surface area contributed by atoms with E-state index in [1.807, 2.05) is 17.9 Å². The van der Waals surface area contributed by atoms with Gasteiger partial charge >= 0.3 is 0 Å². The van der Waals surface area contributed by atoms with Gasteiger partial charge < -0.3 is 0 Å². The van der Waals surface area contributed by atoms with Crippen LogP contribution in [0.25, 0.3) is 0 Å². The predicted octanol–water partition coefficient (Wildman–Crippen LogP) is 1.46. The number of nitriles is 1. The van der Waals surface area contributed by atoms with Crippen molar-refractivity contribution in [2.45, 2.75) is 26.3 Å². The minimum atomic E-state index is 0.270. The van der Waals surface area contributed by atoms with Crippen LogP contribution in [0.15, 0.2) is 6.20 Å². The van der Waals surface area contributed by atoms with Crippen LogP contribution in [0.2, 0.25) is 0 Å². The van der Waals surface area contributed by atoms with Gasteiger partial charge in [0.15, 0.2) is 0 Å². The van der Waals surface area contributed by atoms with E-state index in [0.717, 1.165) is 32.5 Å². The average molecular weight is 218 g/mol. The van der Waals surface area contributed by atoms with E-state index in [0.29, 0.717) is 0 Å². The first-order chi connectivity index (χ1) is 7.70. The number of rotatable bonds is 2. The van der Waals surface area contributed by atoms with Crippen LogP contribution in [0.3, 0.4) is 0 Å². The summed E-state index contributed by atoms with van der Waals surface area (Å²) in [5.41, 5.74) is 2.54. The highest BCUT2D eigenvalue weighted by Crippen LogP contribution is 2.18. The summed E-state index contributed by atoms with van der Waals surface area (Å²) in [7, 11) is 1.97. The van der Waals surface area contributed by atoms with Crippen molar-refractivity contribution in [3.8, 4) is 6.07 Å². The summed E-state index contributed by atoms with van der Waals surface area (Å²) in [6, 6.07) is 2.36. The largest absolute Gasteiger partial charge is 0.299 e. The van der Waals surface area contributed by atoms with E-state index in [2.05, 4.69) is 23.0 Å². The highest BCUT2D eigenvalue weighted by molar-refractivity contribution is 5.15. The Morgan fingerprint density at radius 1 is 1.50 bits per heavy atom. The zero-order chi connectivity index (χ0) is 11.5. The summed E-state index contributed by atoms with van der Waals surface area (Å²) in [4.78, 5) is 2.41. The maximum atomic E-state index is 8.83. The normalized spacial score (nSPS) is 18.6. The third kappa shape index (κ3) is 2.25. The van der Waals surface area contributed by atoms with Crippen LogP contribution < -0.4 is 0 Å². The Morgan fingerprint density at radius 2 is 2.19 bits per heavy atom. The third-order valence-electron chi connectivity index (χ3n) is 3.50. The van der Waals surface area contributed by atoms with E-state index in [4.69, 9.17) is 5.26 Å². The van der Waals surface area contributed by atoms with Gasteiger partial charge in [0.25, 0.3) is 0 Å². The van der Waals surface area contributed by atoms with E-state index in [9.17, 15) is 0 Å². The molecular weight excluding hydrogens is 200 g/mol. The summed E-state index contributed by atoms with van der Waals surface area (Å²) in [6.45, 7) is 5.14. The number of hydrogen-bond donors (Lipinski definition) is 0. The second-order valence-corrected chi connectivity index (χ2v) is 4.56. The lowest BCUT2D eigenvalue weighted by atomic mass is 9.98. The Hall–Kier alpha value is -1.34. The van der Waals surface area contributed by atoms with Gasteiger partial charge in [-0.2, -0.15) is 10.4 Å². The molecule has 4 heteroatoms. The van der Waals surface area contributed by atoms with E-state index in [-0.39, 0.29) is 5.92 Å². The van der Waals surface area contributed by atoms with Gasteiger partial charge in [0.1, 0.15) is 0 Å². The fourth-order valence-electron chi connectivity index (χ4n) is 2.16. The molecule has 2 rings (SSSR count). The summed E-state index contributed by atoms with van der Waals surface area (Å²) in [5.74, 6) is 0.270. The molecule has 4 nitrogen and oxygen atoms in total. The minimum absolute atomic E-state index is 0.270. The lowest BCUT2D eigenvalue weighted by Gasteiger charge is -2.28. The van der Waals surface area contributed by atoms with Crippen LogP contribution in [0.5, 0.6) is 0 Å². The summed E-state index contributed by atoms with van der Waals surface area (Å²) in [5, 5.41) is 13.1. The van der Waals surface area contributed by atoms with Crippen molar-refractivity contribution in [3.05, 3.63) is 17.5 Å². The van der Waals surface area contributed by atoms with Crippen molar-refractivity contribution in [1.29, 1.82) is 5.26 Å². The SMILES string of the molecule is Cc1c(CN2CCC(C#N)CC2)cnn1C. The van der Waals surface area contributed by atoms with Crippen molar-refractivity contribution >= 4 is 0 Å². The highest BCUT2D eigenvalue weighted by atomic mass is 15.3. The molecule has 0 aliphatic carbocycles. The molecule has 0 amide bonds. The molecule has 0 N–H and O–H groups in total. The summed E-state index contributed by atoms with van der Waals surface area (Å²) >= 11 is 0. The van der Waals surface area contributed by atoms with Gasteiger partial charge in [-0.3, -0.25) is 9.58 Å². The zero-order valence-electron chi connectivity index (χ0n) is 9.98. The molecule has 2 heterocycles. The molecular formula is C12H18N4. The van der Waals surface area contributed by atoms with E-state index in [1.165, 1.54) is 11.3 Å². The van der Waals surface area contributed by atoms with Gasteiger partial charge in [-0.1, -0.05) is 0 Å². The minimum Gasteiger partial charge on any atom is -0.299 e. The maximum Gasteiger partial charge on any atom is 0.0656 e. The van der Waals surface area contributed by atoms with Crippen molar-refractivity contribution in [2.24, 2.45) is 13.0 Å². The number of piperidine rings is 1. The van der Waals surface area contributed by atoms with Gasteiger partial charge in [-0.25, -0.2) is 0 Å². The number of aryl methyl sites for hydroxylation is 1. The third-order valence-corrected chi connectivity index (χ3v) is 3.50. The molecule has 0 aromatic carbocycles. The van der Waals surface area contributed by atoms with E-state index in [1.54, 1.807) is 0 Å². The smallest absolute Gasteiger partial charge is 0.0656 e. The van der Waals surface area contributed by atoms with Crippen LogP contribution in [-0.2, 0) is 13.6 Å². The number of hydrogen-bond acceptors (Lipinski definition) is 3. The van der Waals surface area contributed by atoms with Crippen LogP contribution >= 0.6 is 0 Å². The van der Waals surface area contributed by atoms with Crippen LogP contribution in [0.1, 0.15) is 24.1 Å². The number of aromatic nitrogens is 2. The molecule has 0 saturated carbocycles. The maximum absolute atomic E-state index is 8.83. The van der Waals surface area contributed by atoms with Crippen molar-refractivity contribution in [2.75, 3.05) is 13.1 Å². The Morgan fingerprint density at radius 3 is 2.69 bits per heavy atom.